The monoisotopic (exact) mass is 319 g/mol. The molecule has 0 aromatic heterocycles. The van der Waals surface area contributed by atoms with E-state index in [1.807, 2.05) is 0 Å². The normalized spacial score (nSPS) is 11.4. The van der Waals surface area contributed by atoms with Gasteiger partial charge in [-0.15, -0.1) is 0 Å². The van der Waals surface area contributed by atoms with E-state index in [9.17, 15) is 27.7 Å². The van der Waals surface area contributed by atoms with Crippen molar-refractivity contribution in [2.45, 2.75) is 11.8 Å². The highest BCUT2D eigenvalue weighted by atomic mass is 32.2. The molecule has 0 saturated heterocycles. The fourth-order valence-electron chi connectivity index (χ4n) is 1.55. The molecule has 0 heterocycles. The molecule has 0 bridgehead atoms. The molecule has 1 rings (SSSR count). The first-order chi connectivity index (χ1) is 9.73. The topological polar surface area (TPSA) is 110 Å². The molecule has 8 nitrogen and oxygen atoms in total. The Morgan fingerprint density at radius 1 is 1.48 bits per heavy atom. The average Bonchev–Trinajstić information content (AvgIpc) is 2.43. The lowest BCUT2D eigenvalue weighted by atomic mass is 10.3. The second kappa shape index (κ2) is 6.59. The van der Waals surface area contributed by atoms with Gasteiger partial charge in [-0.05, 0) is 6.07 Å². The van der Waals surface area contributed by atoms with Gasteiger partial charge in [-0.25, -0.2) is 8.42 Å². The van der Waals surface area contributed by atoms with E-state index >= 15 is 0 Å². The maximum atomic E-state index is 13.5. The Balaban J connectivity index is 3.20. The van der Waals surface area contributed by atoms with Crippen molar-refractivity contribution in [1.82, 2.24) is 9.62 Å². The number of nitrogens with zero attached hydrogens (tertiary/aromatic N) is 2. The van der Waals surface area contributed by atoms with E-state index in [4.69, 9.17) is 0 Å². The molecule has 0 unspecified atom stereocenters. The number of hydrogen-bond acceptors (Lipinski definition) is 5. The van der Waals surface area contributed by atoms with Crippen LogP contribution >= 0.6 is 0 Å². The predicted molar refractivity (Wildman–Crippen MR) is 71.6 cm³/mol. The Labute approximate surface area is 120 Å². The number of carbonyl (C=O) groups is 1. The molecule has 1 amide bonds. The summed E-state index contributed by atoms with van der Waals surface area (Å²) in [6.07, 6.45) is 0. The third-order valence-electron chi connectivity index (χ3n) is 2.71. The van der Waals surface area contributed by atoms with Crippen LogP contribution in [0.2, 0.25) is 0 Å². The van der Waals surface area contributed by atoms with Gasteiger partial charge in [0, 0.05) is 25.7 Å². The smallest absolute Gasteiger partial charge is 0.304 e. The Bertz CT molecular complexity index is 662. The maximum Gasteiger partial charge on any atom is 0.304 e. The summed E-state index contributed by atoms with van der Waals surface area (Å²) in [5.41, 5.74) is -0.816. The van der Waals surface area contributed by atoms with Crippen LogP contribution in [0.5, 0.6) is 0 Å². The highest BCUT2D eigenvalue weighted by molar-refractivity contribution is 7.89. The van der Waals surface area contributed by atoms with Crippen LogP contribution in [0.3, 0.4) is 0 Å². The minimum atomic E-state index is -4.11. The SMILES string of the molecule is CCN(CC(=O)NC)S(=O)(=O)c1ccc([N+](=O)[O-])c(F)c1. The van der Waals surface area contributed by atoms with Crippen LogP contribution in [-0.2, 0) is 14.8 Å². The third kappa shape index (κ3) is 3.73. The molecular formula is C11H14FN3O5S. The molecule has 116 valence electrons. The fourth-order valence-corrected chi connectivity index (χ4v) is 2.97. The van der Waals surface area contributed by atoms with Crippen LogP contribution in [0.15, 0.2) is 23.1 Å². The van der Waals surface area contributed by atoms with E-state index in [0.717, 1.165) is 16.4 Å². The van der Waals surface area contributed by atoms with Gasteiger partial charge in [-0.3, -0.25) is 14.9 Å². The van der Waals surface area contributed by atoms with Crippen molar-refractivity contribution in [3.05, 3.63) is 34.1 Å². The lowest BCUT2D eigenvalue weighted by molar-refractivity contribution is -0.387. The first kappa shape index (κ1) is 17.0. The Morgan fingerprint density at radius 3 is 2.52 bits per heavy atom. The van der Waals surface area contributed by atoms with Gasteiger partial charge in [0.05, 0.1) is 16.4 Å². The minimum absolute atomic E-state index is 0.00560. The molecule has 0 atom stereocenters. The van der Waals surface area contributed by atoms with Crippen LogP contribution in [0.25, 0.3) is 0 Å². The van der Waals surface area contributed by atoms with Crippen molar-refractivity contribution in [2.75, 3.05) is 20.1 Å². The lowest BCUT2D eigenvalue weighted by Gasteiger charge is -2.19. The molecule has 0 spiro atoms. The van der Waals surface area contributed by atoms with Crippen molar-refractivity contribution in [2.24, 2.45) is 0 Å². The summed E-state index contributed by atoms with van der Waals surface area (Å²) >= 11 is 0. The zero-order valence-electron chi connectivity index (χ0n) is 11.4. The molecule has 0 radical (unpaired) electrons. The van der Waals surface area contributed by atoms with Crippen molar-refractivity contribution in [3.63, 3.8) is 0 Å². The van der Waals surface area contributed by atoms with E-state index in [2.05, 4.69) is 5.32 Å². The third-order valence-corrected chi connectivity index (χ3v) is 4.62. The highest BCUT2D eigenvalue weighted by Crippen LogP contribution is 2.23. The zero-order valence-corrected chi connectivity index (χ0v) is 12.2. The van der Waals surface area contributed by atoms with Crippen molar-refractivity contribution >= 4 is 21.6 Å². The number of amides is 1. The van der Waals surface area contributed by atoms with E-state index in [1.165, 1.54) is 14.0 Å². The number of halogens is 1. The summed E-state index contributed by atoms with van der Waals surface area (Å²) in [7, 11) is -2.76. The molecule has 0 aliphatic rings. The van der Waals surface area contributed by atoms with Crippen LogP contribution in [0.1, 0.15) is 6.92 Å². The molecule has 1 aromatic carbocycles. The van der Waals surface area contributed by atoms with Gasteiger partial charge in [0.1, 0.15) is 0 Å². The van der Waals surface area contributed by atoms with Crippen LogP contribution in [0, 0.1) is 15.9 Å². The minimum Gasteiger partial charge on any atom is -0.358 e. The number of sulfonamides is 1. The standard InChI is InChI=1S/C11H14FN3O5S/c1-3-14(7-11(16)13-2)21(19,20)8-4-5-10(15(17)18)9(12)6-8/h4-6H,3,7H2,1-2H3,(H,13,16). The summed E-state index contributed by atoms with van der Waals surface area (Å²) < 4.78 is 38.9. The molecule has 0 aliphatic carbocycles. The van der Waals surface area contributed by atoms with Crippen molar-refractivity contribution < 1.29 is 22.5 Å². The summed E-state index contributed by atoms with van der Waals surface area (Å²) in [4.78, 5) is 20.4. The lowest BCUT2D eigenvalue weighted by Crippen LogP contribution is -2.39. The quantitative estimate of drug-likeness (QED) is 0.606. The number of likely N-dealkylation sites (N-methyl/N-ethyl adjacent to an activating group) is 2. The molecule has 0 aliphatic heterocycles. The van der Waals surface area contributed by atoms with Gasteiger partial charge < -0.3 is 5.32 Å². The number of nitro benzene ring substituents is 1. The molecule has 10 heteroatoms. The fraction of sp³-hybridized carbons (Fsp3) is 0.364. The maximum absolute atomic E-state index is 13.5. The molecular weight excluding hydrogens is 305 g/mol. The Morgan fingerprint density at radius 2 is 2.10 bits per heavy atom. The predicted octanol–water partition coefficient (Wildman–Crippen LogP) is 0.491. The molecule has 0 fully saturated rings. The van der Waals surface area contributed by atoms with E-state index in [-0.39, 0.29) is 6.54 Å². The molecule has 1 N–H and O–H groups in total. The molecule has 0 saturated carbocycles. The number of hydrogen-bond donors (Lipinski definition) is 1. The first-order valence-corrected chi connectivity index (χ1v) is 7.32. The zero-order chi connectivity index (χ0) is 16.2. The summed E-state index contributed by atoms with van der Waals surface area (Å²) in [6, 6.07) is 2.28. The van der Waals surface area contributed by atoms with Crippen LogP contribution in [0.4, 0.5) is 10.1 Å². The number of carbonyl (C=O) groups excluding carboxylic acids is 1. The largest absolute Gasteiger partial charge is 0.358 e. The van der Waals surface area contributed by atoms with Gasteiger partial charge in [0.15, 0.2) is 0 Å². The van der Waals surface area contributed by atoms with E-state index in [1.54, 1.807) is 0 Å². The van der Waals surface area contributed by atoms with E-state index in [0.29, 0.717) is 6.07 Å². The second-order valence-electron chi connectivity index (χ2n) is 3.97. The Kier molecular flexibility index (Phi) is 5.33. The highest BCUT2D eigenvalue weighted by Gasteiger charge is 2.27. The van der Waals surface area contributed by atoms with Gasteiger partial charge in [0.25, 0.3) is 0 Å². The number of benzene rings is 1. The van der Waals surface area contributed by atoms with Crippen LogP contribution < -0.4 is 5.32 Å². The van der Waals surface area contributed by atoms with Crippen LogP contribution in [-0.4, -0.2) is 43.7 Å². The van der Waals surface area contributed by atoms with Gasteiger partial charge in [0.2, 0.25) is 21.7 Å². The number of rotatable bonds is 6. The summed E-state index contributed by atoms with van der Waals surface area (Å²) in [6.45, 7) is 1.09. The molecule has 1 aromatic rings. The first-order valence-electron chi connectivity index (χ1n) is 5.88. The van der Waals surface area contributed by atoms with Gasteiger partial charge in [-0.2, -0.15) is 8.70 Å². The number of nitro groups is 1. The van der Waals surface area contributed by atoms with Crippen molar-refractivity contribution in [3.8, 4) is 0 Å². The van der Waals surface area contributed by atoms with Crippen molar-refractivity contribution in [1.29, 1.82) is 0 Å². The Hall–Kier alpha value is -2.07. The summed E-state index contributed by atoms with van der Waals surface area (Å²) in [5, 5.41) is 12.8. The average molecular weight is 319 g/mol. The second-order valence-corrected chi connectivity index (χ2v) is 5.91. The van der Waals surface area contributed by atoms with E-state index < -0.39 is 43.8 Å². The number of nitrogens with one attached hydrogen (secondary N) is 1. The molecule has 21 heavy (non-hydrogen) atoms. The summed E-state index contributed by atoms with van der Waals surface area (Å²) in [5.74, 6) is -1.78. The van der Waals surface area contributed by atoms with Gasteiger partial charge >= 0.3 is 5.69 Å². The van der Waals surface area contributed by atoms with Gasteiger partial charge in [-0.1, -0.05) is 6.92 Å².